The van der Waals surface area contributed by atoms with Gasteiger partial charge in [-0.15, -0.1) is 0 Å². The van der Waals surface area contributed by atoms with Crippen LogP contribution in [0.4, 0.5) is 9.52 Å². The maximum Gasteiger partial charge on any atom is 0.181 e. The van der Waals surface area contributed by atoms with Gasteiger partial charge in [0, 0.05) is 0 Å². The predicted octanol–water partition coefficient (Wildman–Crippen LogP) is 4.26. The Kier molecular flexibility index (Phi) is 3.08. The molecule has 17 heavy (non-hydrogen) atoms. The molecule has 1 heterocycles. The van der Waals surface area contributed by atoms with E-state index in [-0.39, 0.29) is 17.7 Å². The van der Waals surface area contributed by atoms with E-state index in [1.165, 1.54) is 11.3 Å². The molecule has 0 aliphatic heterocycles. The van der Waals surface area contributed by atoms with Gasteiger partial charge >= 0.3 is 0 Å². The number of anilines is 1. The van der Waals surface area contributed by atoms with Gasteiger partial charge in [-0.25, -0.2) is 9.37 Å². The summed E-state index contributed by atoms with van der Waals surface area (Å²) in [6.07, 6.45) is 0. The van der Waals surface area contributed by atoms with Crippen LogP contribution < -0.4 is 5.73 Å². The first-order valence-electron chi connectivity index (χ1n) is 5.80. The number of nitrogens with zero attached hydrogens (tertiary/aromatic N) is 1. The highest BCUT2D eigenvalue weighted by molar-refractivity contribution is 7.22. The van der Waals surface area contributed by atoms with E-state index in [9.17, 15) is 4.39 Å². The molecule has 0 amide bonds. The van der Waals surface area contributed by atoms with E-state index in [4.69, 9.17) is 5.73 Å². The van der Waals surface area contributed by atoms with Crippen molar-refractivity contribution in [3.8, 4) is 0 Å². The topological polar surface area (TPSA) is 38.9 Å². The molecule has 0 saturated carbocycles. The SMILES string of the molecule is CC(C)c1c(F)cc2sc(N)nc2c1C(C)C. The standard InChI is InChI=1S/C13H17FN2S/c1-6(2)10-8(14)5-9-12(11(10)7(3)4)16-13(15)17-9/h5-7H,1-4H3,(H2,15,16). The molecule has 1 aromatic carbocycles. The van der Waals surface area contributed by atoms with Crippen LogP contribution in [-0.4, -0.2) is 4.98 Å². The number of nitrogens with two attached hydrogens (primary N) is 1. The zero-order valence-electron chi connectivity index (χ0n) is 10.5. The smallest absolute Gasteiger partial charge is 0.181 e. The predicted molar refractivity (Wildman–Crippen MR) is 72.2 cm³/mol. The van der Waals surface area contributed by atoms with E-state index in [2.05, 4.69) is 18.8 Å². The lowest BCUT2D eigenvalue weighted by Gasteiger charge is -2.17. The van der Waals surface area contributed by atoms with Crippen LogP contribution in [0.2, 0.25) is 0 Å². The Morgan fingerprint density at radius 2 is 1.76 bits per heavy atom. The van der Waals surface area contributed by atoms with E-state index in [0.717, 1.165) is 21.3 Å². The van der Waals surface area contributed by atoms with Crippen molar-refractivity contribution in [1.82, 2.24) is 4.98 Å². The second kappa shape index (κ2) is 4.26. The molecule has 0 aliphatic carbocycles. The first-order chi connectivity index (χ1) is 7.91. The molecule has 0 fully saturated rings. The average molecular weight is 252 g/mol. The highest BCUT2D eigenvalue weighted by Gasteiger charge is 2.20. The molecule has 2 nitrogen and oxygen atoms in total. The third-order valence-electron chi connectivity index (χ3n) is 2.89. The second-order valence-corrected chi connectivity index (χ2v) is 5.96. The van der Waals surface area contributed by atoms with Gasteiger partial charge in [0.25, 0.3) is 0 Å². The van der Waals surface area contributed by atoms with Gasteiger partial charge in [-0.05, 0) is 29.0 Å². The van der Waals surface area contributed by atoms with Crippen LogP contribution in [0, 0.1) is 5.82 Å². The molecular formula is C13H17FN2S. The maximum atomic E-state index is 14.1. The van der Waals surface area contributed by atoms with Gasteiger partial charge in [0.1, 0.15) is 5.82 Å². The Bertz CT molecular complexity index is 558. The fourth-order valence-electron chi connectivity index (χ4n) is 2.26. The van der Waals surface area contributed by atoms with Crippen molar-refractivity contribution in [3.63, 3.8) is 0 Å². The number of benzene rings is 1. The Balaban J connectivity index is 2.87. The van der Waals surface area contributed by atoms with Gasteiger partial charge in [-0.1, -0.05) is 39.0 Å². The lowest BCUT2D eigenvalue weighted by molar-refractivity contribution is 0.593. The fourth-order valence-corrected chi connectivity index (χ4v) is 3.04. The normalized spacial score (nSPS) is 11.9. The highest BCUT2D eigenvalue weighted by Crippen LogP contribution is 2.37. The van der Waals surface area contributed by atoms with Crippen molar-refractivity contribution in [2.75, 3.05) is 5.73 Å². The van der Waals surface area contributed by atoms with Gasteiger partial charge < -0.3 is 5.73 Å². The first-order valence-corrected chi connectivity index (χ1v) is 6.61. The highest BCUT2D eigenvalue weighted by atomic mass is 32.1. The monoisotopic (exact) mass is 252 g/mol. The van der Waals surface area contributed by atoms with E-state index in [1.807, 2.05) is 13.8 Å². The van der Waals surface area contributed by atoms with Crippen molar-refractivity contribution in [2.24, 2.45) is 0 Å². The summed E-state index contributed by atoms with van der Waals surface area (Å²) in [7, 11) is 0. The second-order valence-electron chi connectivity index (χ2n) is 4.89. The number of aromatic nitrogens is 1. The van der Waals surface area contributed by atoms with Crippen molar-refractivity contribution in [1.29, 1.82) is 0 Å². The summed E-state index contributed by atoms with van der Waals surface area (Å²) in [5, 5.41) is 0.502. The molecule has 0 unspecified atom stereocenters. The molecule has 1 aromatic heterocycles. The Hall–Kier alpha value is -1.16. The Morgan fingerprint density at radius 3 is 2.29 bits per heavy atom. The van der Waals surface area contributed by atoms with Crippen LogP contribution >= 0.6 is 11.3 Å². The molecule has 2 rings (SSSR count). The quantitative estimate of drug-likeness (QED) is 0.867. The molecule has 0 atom stereocenters. The summed E-state index contributed by atoms with van der Waals surface area (Å²) in [5.74, 6) is 0.256. The van der Waals surface area contributed by atoms with Crippen LogP contribution in [-0.2, 0) is 0 Å². The van der Waals surface area contributed by atoms with Crippen LogP contribution in [0.1, 0.15) is 50.7 Å². The third kappa shape index (κ3) is 2.02. The molecule has 0 spiro atoms. The lowest BCUT2D eigenvalue weighted by Crippen LogP contribution is -2.03. The molecule has 0 aliphatic rings. The Morgan fingerprint density at radius 1 is 1.18 bits per heavy atom. The molecule has 2 aromatic rings. The van der Waals surface area contributed by atoms with E-state index in [0.29, 0.717) is 5.13 Å². The summed E-state index contributed by atoms with van der Waals surface area (Å²) in [5.41, 5.74) is 8.37. The van der Waals surface area contributed by atoms with Gasteiger partial charge in [0.15, 0.2) is 5.13 Å². The van der Waals surface area contributed by atoms with Crippen molar-refractivity contribution in [3.05, 3.63) is 23.0 Å². The molecule has 0 saturated heterocycles. The van der Waals surface area contributed by atoms with Crippen LogP contribution in [0.15, 0.2) is 6.07 Å². The van der Waals surface area contributed by atoms with Gasteiger partial charge in [-0.3, -0.25) is 0 Å². The third-order valence-corrected chi connectivity index (χ3v) is 3.72. The number of hydrogen-bond donors (Lipinski definition) is 1. The van der Waals surface area contributed by atoms with Gasteiger partial charge in [0.2, 0.25) is 0 Å². The molecular weight excluding hydrogens is 235 g/mol. The molecule has 0 bridgehead atoms. The molecule has 0 radical (unpaired) electrons. The van der Waals surface area contributed by atoms with Crippen molar-refractivity contribution >= 4 is 26.7 Å². The minimum absolute atomic E-state index is 0.139. The molecule has 4 heteroatoms. The van der Waals surface area contributed by atoms with Crippen LogP contribution in [0.25, 0.3) is 10.2 Å². The van der Waals surface area contributed by atoms with E-state index < -0.39 is 0 Å². The zero-order valence-corrected chi connectivity index (χ0v) is 11.4. The summed E-state index contributed by atoms with van der Waals surface area (Å²) in [6, 6.07) is 1.56. The Labute approximate surface area is 105 Å². The van der Waals surface area contributed by atoms with Crippen LogP contribution in [0.3, 0.4) is 0 Å². The van der Waals surface area contributed by atoms with Gasteiger partial charge in [-0.2, -0.15) is 0 Å². The van der Waals surface area contributed by atoms with Crippen LogP contribution in [0.5, 0.6) is 0 Å². The fraction of sp³-hybridized carbons (Fsp3) is 0.462. The molecule has 92 valence electrons. The summed E-state index contributed by atoms with van der Waals surface area (Å²) < 4.78 is 15.0. The number of nitrogen functional groups attached to an aromatic ring is 1. The number of hydrogen-bond acceptors (Lipinski definition) is 3. The first kappa shape index (κ1) is 12.3. The van der Waals surface area contributed by atoms with Gasteiger partial charge in [0.05, 0.1) is 10.2 Å². The average Bonchev–Trinajstić information content (AvgIpc) is 2.54. The number of rotatable bonds is 2. The minimum atomic E-state index is -0.139. The van der Waals surface area contributed by atoms with Crippen molar-refractivity contribution < 1.29 is 4.39 Å². The zero-order chi connectivity index (χ0) is 12.7. The molecule has 2 N–H and O–H groups in total. The number of thiazole rings is 1. The van der Waals surface area contributed by atoms with E-state index >= 15 is 0 Å². The number of fused-ring (bicyclic) bond motifs is 1. The lowest BCUT2D eigenvalue weighted by atomic mass is 9.89. The largest absolute Gasteiger partial charge is 0.375 e. The van der Waals surface area contributed by atoms with E-state index in [1.54, 1.807) is 6.07 Å². The minimum Gasteiger partial charge on any atom is -0.375 e. The summed E-state index contributed by atoms with van der Waals surface area (Å²) in [4.78, 5) is 4.35. The number of halogens is 1. The summed E-state index contributed by atoms with van der Waals surface area (Å²) in [6.45, 7) is 8.14. The maximum absolute atomic E-state index is 14.1. The summed E-state index contributed by atoms with van der Waals surface area (Å²) >= 11 is 1.34. The van der Waals surface area contributed by atoms with Crippen molar-refractivity contribution in [2.45, 2.75) is 39.5 Å².